The average Bonchev–Trinajstić information content (AvgIpc) is 2.48. The van der Waals surface area contributed by atoms with Crippen molar-refractivity contribution in [1.29, 1.82) is 0 Å². The van der Waals surface area contributed by atoms with E-state index in [1.54, 1.807) is 0 Å². The Morgan fingerprint density at radius 3 is 2.70 bits per heavy atom. The molecule has 0 radical (unpaired) electrons. The SMILES string of the molecule is C/C=C(\C=C/CC)c1nc(-c2ccccc2)cc(=O)[nH]1. The van der Waals surface area contributed by atoms with Crippen molar-refractivity contribution in [2.24, 2.45) is 0 Å². The first-order valence-corrected chi connectivity index (χ1v) is 6.74. The van der Waals surface area contributed by atoms with Crippen LogP contribution in [0, 0.1) is 0 Å². The molecule has 0 fully saturated rings. The van der Waals surface area contributed by atoms with Gasteiger partial charge in [0.15, 0.2) is 0 Å². The summed E-state index contributed by atoms with van der Waals surface area (Å²) < 4.78 is 0. The van der Waals surface area contributed by atoms with Crippen LogP contribution in [0.4, 0.5) is 0 Å². The van der Waals surface area contributed by atoms with E-state index >= 15 is 0 Å². The predicted octanol–water partition coefficient (Wildman–Crippen LogP) is 3.81. The molecule has 0 bridgehead atoms. The van der Waals surface area contributed by atoms with Gasteiger partial charge >= 0.3 is 0 Å². The van der Waals surface area contributed by atoms with Crippen LogP contribution in [0.2, 0.25) is 0 Å². The van der Waals surface area contributed by atoms with Gasteiger partial charge in [0, 0.05) is 17.2 Å². The molecule has 0 aliphatic carbocycles. The molecule has 0 unspecified atom stereocenters. The van der Waals surface area contributed by atoms with Crippen molar-refractivity contribution in [3.63, 3.8) is 0 Å². The molecule has 2 aromatic rings. The molecule has 20 heavy (non-hydrogen) atoms. The first-order valence-electron chi connectivity index (χ1n) is 6.74. The van der Waals surface area contributed by atoms with Crippen LogP contribution in [0.5, 0.6) is 0 Å². The Kier molecular flexibility index (Phi) is 4.66. The third-order valence-corrected chi connectivity index (χ3v) is 2.93. The molecule has 0 saturated carbocycles. The summed E-state index contributed by atoms with van der Waals surface area (Å²) in [5, 5.41) is 0. The molecule has 102 valence electrons. The lowest BCUT2D eigenvalue weighted by Crippen LogP contribution is -2.10. The number of nitrogens with zero attached hydrogens (tertiary/aromatic N) is 1. The maximum Gasteiger partial charge on any atom is 0.251 e. The fraction of sp³-hybridized carbons (Fsp3) is 0.176. The average molecular weight is 266 g/mol. The molecule has 2 rings (SSSR count). The van der Waals surface area contributed by atoms with Gasteiger partial charge in [-0.2, -0.15) is 0 Å². The molecule has 0 aliphatic rings. The number of nitrogens with one attached hydrogen (secondary N) is 1. The number of benzene rings is 1. The van der Waals surface area contributed by atoms with Crippen LogP contribution in [0.15, 0.2) is 59.4 Å². The van der Waals surface area contributed by atoms with Gasteiger partial charge in [0.2, 0.25) is 0 Å². The van der Waals surface area contributed by atoms with Crippen LogP contribution in [0.1, 0.15) is 26.1 Å². The van der Waals surface area contributed by atoms with E-state index in [1.165, 1.54) is 6.07 Å². The Hall–Kier alpha value is -2.42. The summed E-state index contributed by atoms with van der Waals surface area (Å²) in [5.41, 5.74) is 2.41. The molecule has 0 aliphatic heterocycles. The van der Waals surface area contributed by atoms with Crippen LogP contribution in [-0.4, -0.2) is 9.97 Å². The van der Waals surface area contributed by atoms with E-state index < -0.39 is 0 Å². The number of rotatable bonds is 4. The highest BCUT2D eigenvalue weighted by molar-refractivity contribution is 5.70. The Morgan fingerprint density at radius 1 is 1.30 bits per heavy atom. The first-order chi connectivity index (χ1) is 9.74. The lowest BCUT2D eigenvalue weighted by Gasteiger charge is -2.05. The molecule has 0 amide bonds. The number of allylic oxidation sites excluding steroid dienone is 4. The van der Waals surface area contributed by atoms with Crippen LogP contribution >= 0.6 is 0 Å². The summed E-state index contributed by atoms with van der Waals surface area (Å²) in [4.78, 5) is 19.2. The summed E-state index contributed by atoms with van der Waals surface area (Å²) in [5.74, 6) is 0.601. The van der Waals surface area contributed by atoms with E-state index in [1.807, 2.05) is 55.5 Å². The third kappa shape index (κ3) is 3.32. The number of aromatic amines is 1. The van der Waals surface area contributed by atoms with Crippen molar-refractivity contribution >= 4 is 5.57 Å². The molecule has 1 aromatic carbocycles. The Morgan fingerprint density at radius 2 is 2.05 bits per heavy atom. The first kappa shape index (κ1) is 14.0. The zero-order chi connectivity index (χ0) is 14.4. The highest BCUT2D eigenvalue weighted by Crippen LogP contribution is 2.17. The minimum atomic E-state index is -0.141. The van der Waals surface area contributed by atoms with Crippen LogP contribution < -0.4 is 5.56 Å². The molecule has 1 heterocycles. The maximum absolute atomic E-state index is 11.8. The summed E-state index contributed by atoms with van der Waals surface area (Å²) >= 11 is 0. The number of aromatic nitrogens is 2. The van der Waals surface area contributed by atoms with Crippen molar-refractivity contribution in [3.05, 3.63) is 70.8 Å². The molecular formula is C17H18N2O. The second-order valence-corrected chi connectivity index (χ2v) is 4.40. The largest absolute Gasteiger partial charge is 0.307 e. The Labute approximate surface area is 118 Å². The van der Waals surface area contributed by atoms with Crippen molar-refractivity contribution in [3.8, 4) is 11.3 Å². The van der Waals surface area contributed by atoms with Crippen molar-refractivity contribution in [1.82, 2.24) is 9.97 Å². The summed E-state index contributed by atoms with van der Waals surface area (Å²) in [6, 6.07) is 11.2. The van der Waals surface area contributed by atoms with E-state index in [2.05, 4.69) is 16.9 Å². The highest BCUT2D eigenvalue weighted by atomic mass is 16.1. The van der Waals surface area contributed by atoms with Crippen LogP contribution in [0.25, 0.3) is 16.8 Å². The van der Waals surface area contributed by atoms with E-state index in [9.17, 15) is 4.79 Å². The zero-order valence-electron chi connectivity index (χ0n) is 11.8. The molecule has 3 nitrogen and oxygen atoms in total. The summed E-state index contributed by atoms with van der Waals surface area (Å²) in [7, 11) is 0. The van der Waals surface area contributed by atoms with Crippen LogP contribution in [-0.2, 0) is 0 Å². The van der Waals surface area contributed by atoms with Gasteiger partial charge in [-0.1, -0.05) is 55.5 Å². The second-order valence-electron chi connectivity index (χ2n) is 4.40. The molecule has 0 spiro atoms. The summed E-state index contributed by atoms with van der Waals surface area (Å²) in [6.45, 7) is 4.00. The van der Waals surface area contributed by atoms with Gasteiger partial charge in [-0.05, 0) is 13.3 Å². The fourth-order valence-corrected chi connectivity index (χ4v) is 1.91. The molecule has 1 aromatic heterocycles. The van der Waals surface area contributed by atoms with Crippen molar-refractivity contribution < 1.29 is 0 Å². The van der Waals surface area contributed by atoms with Gasteiger partial charge in [-0.3, -0.25) is 4.79 Å². The van der Waals surface area contributed by atoms with Gasteiger partial charge in [0.1, 0.15) is 5.82 Å². The number of H-pyrrole nitrogens is 1. The quantitative estimate of drug-likeness (QED) is 0.855. The number of hydrogen-bond acceptors (Lipinski definition) is 2. The molecular weight excluding hydrogens is 248 g/mol. The van der Waals surface area contributed by atoms with Gasteiger partial charge in [-0.15, -0.1) is 0 Å². The second kappa shape index (κ2) is 6.66. The van der Waals surface area contributed by atoms with Crippen molar-refractivity contribution in [2.45, 2.75) is 20.3 Å². The van der Waals surface area contributed by atoms with Gasteiger partial charge in [0.05, 0.1) is 5.69 Å². The lowest BCUT2D eigenvalue weighted by atomic mass is 10.1. The summed E-state index contributed by atoms with van der Waals surface area (Å²) in [6.07, 6.45) is 6.91. The maximum atomic E-state index is 11.8. The third-order valence-electron chi connectivity index (χ3n) is 2.93. The van der Waals surface area contributed by atoms with E-state index in [0.29, 0.717) is 11.5 Å². The normalized spacial score (nSPS) is 12.0. The van der Waals surface area contributed by atoms with E-state index in [-0.39, 0.29) is 5.56 Å². The van der Waals surface area contributed by atoms with E-state index in [0.717, 1.165) is 17.6 Å². The van der Waals surface area contributed by atoms with Gasteiger partial charge < -0.3 is 4.98 Å². The van der Waals surface area contributed by atoms with E-state index in [4.69, 9.17) is 0 Å². The minimum absolute atomic E-state index is 0.141. The lowest BCUT2D eigenvalue weighted by molar-refractivity contribution is 1.08. The molecule has 0 saturated heterocycles. The Bertz CT molecular complexity index is 682. The zero-order valence-corrected chi connectivity index (χ0v) is 11.8. The topological polar surface area (TPSA) is 45.8 Å². The van der Waals surface area contributed by atoms with Gasteiger partial charge in [0.25, 0.3) is 5.56 Å². The molecule has 1 N–H and O–H groups in total. The monoisotopic (exact) mass is 266 g/mol. The number of hydrogen-bond donors (Lipinski definition) is 1. The molecule has 0 atom stereocenters. The van der Waals surface area contributed by atoms with Crippen LogP contribution in [0.3, 0.4) is 0 Å². The Balaban J connectivity index is 2.49. The highest BCUT2D eigenvalue weighted by Gasteiger charge is 2.05. The smallest absolute Gasteiger partial charge is 0.251 e. The minimum Gasteiger partial charge on any atom is -0.307 e. The molecule has 3 heteroatoms. The van der Waals surface area contributed by atoms with Crippen molar-refractivity contribution in [2.75, 3.05) is 0 Å². The fourth-order valence-electron chi connectivity index (χ4n) is 1.91. The van der Waals surface area contributed by atoms with Gasteiger partial charge in [-0.25, -0.2) is 4.98 Å². The predicted molar refractivity (Wildman–Crippen MR) is 83.4 cm³/mol. The standard InChI is InChI=1S/C17H18N2O/c1-3-5-9-13(4-2)17-18-15(12-16(20)19-17)14-10-7-6-8-11-14/h4-12H,3H2,1-2H3,(H,18,19,20)/b9-5-,13-4+.